The largest absolute Gasteiger partial charge is 0.480 e. The Labute approximate surface area is 102 Å². The topological polar surface area (TPSA) is 122 Å². The third-order valence-electron chi connectivity index (χ3n) is 2.11. The molecule has 1 aromatic rings. The van der Waals surface area contributed by atoms with Crippen molar-refractivity contribution in [2.24, 2.45) is 0 Å². The van der Waals surface area contributed by atoms with Gasteiger partial charge in [-0.25, -0.2) is 4.79 Å². The van der Waals surface area contributed by atoms with E-state index in [-0.39, 0.29) is 12.2 Å². The van der Waals surface area contributed by atoms with Gasteiger partial charge in [-0.3, -0.25) is 4.79 Å². The molecule has 18 heavy (non-hydrogen) atoms. The Balaban J connectivity index is 2.86. The van der Waals surface area contributed by atoms with E-state index >= 15 is 0 Å². The van der Waals surface area contributed by atoms with E-state index in [0.717, 1.165) is 0 Å². The molecule has 0 aromatic carbocycles. The van der Waals surface area contributed by atoms with Crippen molar-refractivity contribution in [2.45, 2.75) is 19.4 Å². The van der Waals surface area contributed by atoms with Crippen molar-refractivity contribution in [3.8, 4) is 0 Å². The fraction of sp³-hybridized carbons (Fsp3) is 0.300. The van der Waals surface area contributed by atoms with Crippen LogP contribution in [0.3, 0.4) is 0 Å². The lowest BCUT2D eigenvalue weighted by Gasteiger charge is -2.12. The molecule has 1 atom stereocenters. The van der Waals surface area contributed by atoms with E-state index in [1.807, 2.05) is 0 Å². The van der Waals surface area contributed by atoms with Gasteiger partial charge < -0.3 is 20.5 Å². The molecule has 0 saturated carbocycles. The van der Waals surface area contributed by atoms with Crippen LogP contribution >= 0.6 is 0 Å². The minimum atomic E-state index is -1.20. The van der Waals surface area contributed by atoms with Crippen LogP contribution in [-0.2, 0) is 16.0 Å². The van der Waals surface area contributed by atoms with E-state index in [0.29, 0.717) is 5.56 Å². The van der Waals surface area contributed by atoms with E-state index in [9.17, 15) is 19.7 Å². The normalized spacial score (nSPS) is 11.6. The first-order valence-electron chi connectivity index (χ1n) is 4.99. The second-order valence-electron chi connectivity index (χ2n) is 3.57. The molecule has 0 saturated heterocycles. The summed E-state index contributed by atoms with van der Waals surface area (Å²) in [6.07, 6.45) is 1.18. The number of aromatic nitrogens is 1. The molecule has 1 heterocycles. The maximum absolute atomic E-state index is 10.9. The molecule has 1 rings (SSSR count). The van der Waals surface area contributed by atoms with Crippen LogP contribution in [0.5, 0.6) is 0 Å². The van der Waals surface area contributed by atoms with Crippen LogP contribution in [0.2, 0.25) is 0 Å². The number of nitrogens with zero attached hydrogens (tertiary/aromatic N) is 2. The summed E-state index contributed by atoms with van der Waals surface area (Å²) in [5.74, 6) is -2.05. The summed E-state index contributed by atoms with van der Waals surface area (Å²) in [7, 11) is 0. The zero-order valence-electron chi connectivity index (χ0n) is 9.49. The molecular weight excluding hydrogens is 242 g/mol. The zero-order valence-corrected chi connectivity index (χ0v) is 9.49. The molecule has 8 heteroatoms. The van der Waals surface area contributed by atoms with Crippen LogP contribution in [0.25, 0.3) is 0 Å². The van der Waals surface area contributed by atoms with Gasteiger partial charge in [-0.1, -0.05) is 0 Å². The Morgan fingerprint density at radius 1 is 1.61 bits per heavy atom. The quantitative estimate of drug-likeness (QED) is 0.567. The summed E-state index contributed by atoms with van der Waals surface area (Å²) in [6.45, 7) is 1.20. The van der Waals surface area contributed by atoms with E-state index in [1.54, 1.807) is 0 Å². The van der Waals surface area contributed by atoms with Crippen LogP contribution < -0.4 is 5.32 Å². The molecule has 1 aromatic heterocycles. The fourth-order valence-electron chi connectivity index (χ4n) is 1.37. The maximum atomic E-state index is 10.9. The number of hydrogen-bond acceptors (Lipinski definition) is 5. The molecule has 96 valence electrons. The van der Waals surface area contributed by atoms with Gasteiger partial charge in [-0.15, -0.1) is 0 Å². The minimum Gasteiger partial charge on any atom is -0.480 e. The third-order valence-corrected chi connectivity index (χ3v) is 2.11. The minimum absolute atomic E-state index is 0.0434. The van der Waals surface area contributed by atoms with Crippen molar-refractivity contribution in [3.05, 3.63) is 34.0 Å². The monoisotopic (exact) mass is 253 g/mol. The number of hydrogen-bond donors (Lipinski definition) is 2. The summed E-state index contributed by atoms with van der Waals surface area (Å²) in [4.78, 5) is 35.1. The Hall–Kier alpha value is -2.51. The molecule has 1 unspecified atom stereocenters. The Kier molecular flexibility index (Phi) is 4.30. The van der Waals surface area contributed by atoms with Gasteiger partial charge in [0.05, 0.1) is 0 Å². The first-order valence-corrected chi connectivity index (χ1v) is 4.99. The second-order valence-corrected chi connectivity index (χ2v) is 3.57. The molecule has 0 aliphatic rings. The van der Waals surface area contributed by atoms with Crippen LogP contribution in [0.15, 0.2) is 18.3 Å². The number of carboxylic acid groups (broad SMARTS) is 1. The smallest absolute Gasteiger partial charge is 0.363 e. The van der Waals surface area contributed by atoms with E-state index in [2.05, 4.69) is 10.3 Å². The number of pyridine rings is 1. The van der Waals surface area contributed by atoms with Crippen LogP contribution in [-0.4, -0.2) is 32.9 Å². The van der Waals surface area contributed by atoms with Gasteiger partial charge in [0.15, 0.2) is 0 Å². The van der Waals surface area contributed by atoms with Gasteiger partial charge in [-0.05, 0) is 21.5 Å². The van der Waals surface area contributed by atoms with Gasteiger partial charge in [0.2, 0.25) is 5.91 Å². The maximum Gasteiger partial charge on any atom is 0.363 e. The molecule has 0 spiro atoms. The van der Waals surface area contributed by atoms with Crippen molar-refractivity contribution in [1.29, 1.82) is 0 Å². The molecule has 0 radical (unpaired) electrons. The number of rotatable bonds is 5. The van der Waals surface area contributed by atoms with Gasteiger partial charge in [0, 0.05) is 19.4 Å². The number of carbonyl (C=O) groups is 2. The van der Waals surface area contributed by atoms with Crippen molar-refractivity contribution in [1.82, 2.24) is 10.3 Å². The molecule has 0 aliphatic heterocycles. The first kappa shape index (κ1) is 13.6. The van der Waals surface area contributed by atoms with Gasteiger partial charge >= 0.3 is 11.8 Å². The number of aliphatic carboxylic acids is 1. The van der Waals surface area contributed by atoms with Crippen LogP contribution in [0.1, 0.15) is 12.5 Å². The van der Waals surface area contributed by atoms with Crippen molar-refractivity contribution >= 4 is 17.7 Å². The summed E-state index contributed by atoms with van der Waals surface area (Å²) in [5.41, 5.74) is 0.415. The lowest BCUT2D eigenvalue weighted by molar-refractivity contribution is -0.389. The Bertz CT molecular complexity index is 488. The van der Waals surface area contributed by atoms with E-state index in [1.165, 1.54) is 25.3 Å². The van der Waals surface area contributed by atoms with E-state index < -0.39 is 22.8 Å². The number of nitro groups is 1. The summed E-state index contributed by atoms with van der Waals surface area (Å²) in [5, 5.41) is 21.7. The van der Waals surface area contributed by atoms with Crippen molar-refractivity contribution in [3.63, 3.8) is 0 Å². The highest BCUT2D eigenvalue weighted by molar-refractivity contribution is 5.82. The standard InChI is InChI=1S/C10H11N3O5/c1-6(14)12-8(10(15)16)4-7-2-3-11-9(5-7)13(17)18/h2-3,5,8H,4H2,1H3,(H,12,14)(H,15,16). The van der Waals surface area contributed by atoms with Crippen molar-refractivity contribution < 1.29 is 19.6 Å². The highest BCUT2D eigenvalue weighted by Gasteiger charge is 2.20. The lowest BCUT2D eigenvalue weighted by atomic mass is 10.1. The summed E-state index contributed by atoms with van der Waals surface area (Å²) in [6, 6.07) is 1.52. The van der Waals surface area contributed by atoms with E-state index in [4.69, 9.17) is 5.11 Å². The molecule has 0 fully saturated rings. The number of carboxylic acids is 1. The average molecular weight is 253 g/mol. The molecule has 2 N–H and O–H groups in total. The third kappa shape index (κ3) is 3.81. The first-order chi connectivity index (χ1) is 8.40. The highest BCUT2D eigenvalue weighted by atomic mass is 16.6. The molecular formula is C10H11N3O5. The van der Waals surface area contributed by atoms with Crippen LogP contribution in [0.4, 0.5) is 5.82 Å². The lowest BCUT2D eigenvalue weighted by Crippen LogP contribution is -2.41. The Morgan fingerprint density at radius 3 is 2.78 bits per heavy atom. The fourth-order valence-corrected chi connectivity index (χ4v) is 1.37. The average Bonchev–Trinajstić information content (AvgIpc) is 2.27. The predicted octanol–water partition coefficient (Wildman–Crippen LogP) is 0.122. The molecule has 8 nitrogen and oxygen atoms in total. The Morgan fingerprint density at radius 2 is 2.28 bits per heavy atom. The SMILES string of the molecule is CC(=O)NC(Cc1ccnc([N+](=O)[O-])c1)C(=O)O. The summed E-state index contributed by atoms with van der Waals surface area (Å²) < 4.78 is 0. The molecule has 1 amide bonds. The number of nitrogens with one attached hydrogen (secondary N) is 1. The van der Waals surface area contributed by atoms with Crippen molar-refractivity contribution in [2.75, 3.05) is 0 Å². The van der Waals surface area contributed by atoms with Gasteiger partial charge in [0.1, 0.15) is 12.2 Å². The van der Waals surface area contributed by atoms with Gasteiger partial charge in [0.25, 0.3) is 0 Å². The van der Waals surface area contributed by atoms with Gasteiger partial charge in [-0.2, -0.15) is 0 Å². The number of amides is 1. The second kappa shape index (κ2) is 5.71. The molecule has 0 bridgehead atoms. The van der Waals surface area contributed by atoms with Crippen LogP contribution in [0, 0.1) is 10.1 Å². The molecule has 0 aliphatic carbocycles. The summed E-state index contributed by atoms with van der Waals surface area (Å²) >= 11 is 0. The number of carbonyl (C=O) groups excluding carboxylic acids is 1. The zero-order chi connectivity index (χ0) is 13.7. The predicted molar refractivity (Wildman–Crippen MR) is 59.8 cm³/mol. The highest BCUT2D eigenvalue weighted by Crippen LogP contribution is 2.11.